The van der Waals surface area contributed by atoms with Gasteiger partial charge in [0.1, 0.15) is 6.54 Å². The summed E-state index contributed by atoms with van der Waals surface area (Å²) in [7, 11) is 0. The third-order valence-electron chi connectivity index (χ3n) is 2.73. The molecule has 21 heavy (non-hydrogen) atoms. The van der Waals surface area contributed by atoms with Crippen LogP contribution in [-0.4, -0.2) is 18.4 Å². The summed E-state index contributed by atoms with van der Waals surface area (Å²) in [5.74, 6) is -0.856. The van der Waals surface area contributed by atoms with Gasteiger partial charge in [-0.2, -0.15) is 0 Å². The fourth-order valence-corrected chi connectivity index (χ4v) is 1.68. The molecule has 5 heteroatoms. The Balaban J connectivity index is 1.67. The molecule has 0 bridgehead atoms. The lowest BCUT2D eigenvalue weighted by molar-refractivity contribution is -0.150. The molecule has 0 saturated heterocycles. The Hall–Kier alpha value is -2.66. The zero-order valence-corrected chi connectivity index (χ0v) is 11.4. The highest BCUT2D eigenvalue weighted by Crippen LogP contribution is 1.98. The molecule has 0 aliphatic carbocycles. The molecule has 0 unspecified atom stereocenters. The van der Waals surface area contributed by atoms with Crippen LogP contribution < -0.4 is 10.8 Å². The second-order valence-corrected chi connectivity index (χ2v) is 4.33. The molecule has 1 amide bonds. The van der Waals surface area contributed by atoms with Crippen LogP contribution in [0.1, 0.15) is 15.9 Å². The van der Waals surface area contributed by atoms with Gasteiger partial charge in [-0.15, -0.1) is 5.48 Å². The van der Waals surface area contributed by atoms with Gasteiger partial charge in [-0.3, -0.25) is 4.79 Å². The van der Waals surface area contributed by atoms with Crippen molar-refractivity contribution in [3.8, 4) is 0 Å². The van der Waals surface area contributed by atoms with Crippen molar-refractivity contribution in [2.75, 3.05) is 6.54 Å². The van der Waals surface area contributed by atoms with E-state index in [0.29, 0.717) is 12.1 Å². The molecule has 108 valence electrons. The number of carbonyl (C=O) groups excluding carboxylic acids is 2. The number of hydroxylamine groups is 1. The van der Waals surface area contributed by atoms with Crippen molar-refractivity contribution in [1.29, 1.82) is 0 Å². The van der Waals surface area contributed by atoms with Gasteiger partial charge in [0.25, 0.3) is 5.91 Å². The molecule has 0 saturated carbocycles. The van der Waals surface area contributed by atoms with Gasteiger partial charge >= 0.3 is 5.97 Å². The predicted molar refractivity (Wildman–Crippen MR) is 78.1 cm³/mol. The summed E-state index contributed by atoms with van der Waals surface area (Å²) in [4.78, 5) is 28.0. The molecule has 0 aliphatic rings. The van der Waals surface area contributed by atoms with E-state index in [1.165, 1.54) is 0 Å². The SMILES string of the molecule is O=C(CNC(=O)c1ccccc1)ONCc1ccccc1. The van der Waals surface area contributed by atoms with Crippen LogP contribution in [0.15, 0.2) is 60.7 Å². The summed E-state index contributed by atoms with van der Waals surface area (Å²) < 4.78 is 0. The molecular formula is C16H16N2O3. The van der Waals surface area contributed by atoms with Crippen LogP contribution in [0.25, 0.3) is 0 Å². The van der Waals surface area contributed by atoms with E-state index in [0.717, 1.165) is 5.56 Å². The Kier molecular flexibility index (Phi) is 5.49. The first-order valence-corrected chi connectivity index (χ1v) is 6.55. The third kappa shape index (κ3) is 5.08. The minimum atomic E-state index is -0.546. The standard InChI is InChI=1S/C16H16N2O3/c19-15(21-18-11-13-7-3-1-4-8-13)12-17-16(20)14-9-5-2-6-10-14/h1-10,18H,11-12H2,(H,17,20). The van der Waals surface area contributed by atoms with Crippen molar-refractivity contribution < 1.29 is 14.4 Å². The number of nitrogens with one attached hydrogen (secondary N) is 2. The highest BCUT2D eigenvalue weighted by molar-refractivity contribution is 5.95. The molecule has 0 heterocycles. The van der Waals surface area contributed by atoms with Gasteiger partial charge in [-0.1, -0.05) is 48.5 Å². The number of amides is 1. The van der Waals surface area contributed by atoms with Gasteiger partial charge in [-0.05, 0) is 17.7 Å². The van der Waals surface area contributed by atoms with Crippen molar-refractivity contribution >= 4 is 11.9 Å². The van der Waals surface area contributed by atoms with E-state index in [4.69, 9.17) is 4.84 Å². The smallest absolute Gasteiger partial charge is 0.344 e. The Morgan fingerprint density at radius 1 is 0.905 bits per heavy atom. The summed E-state index contributed by atoms with van der Waals surface area (Å²) in [6.07, 6.45) is 0. The summed E-state index contributed by atoms with van der Waals surface area (Å²) in [5, 5.41) is 2.49. The van der Waals surface area contributed by atoms with Crippen LogP contribution in [0.2, 0.25) is 0 Å². The van der Waals surface area contributed by atoms with Gasteiger partial charge in [0.2, 0.25) is 0 Å². The molecule has 0 aromatic heterocycles. The summed E-state index contributed by atoms with van der Waals surface area (Å²) >= 11 is 0. The van der Waals surface area contributed by atoms with E-state index >= 15 is 0 Å². The molecule has 2 aromatic rings. The van der Waals surface area contributed by atoms with Crippen LogP contribution in [-0.2, 0) is 16.2 Å². The second-order valence-electron chi connectivity index (χ2n) is 4.33. The van der Waals surface area contributed by atoms with Gasteiger partial charge in [0.15, 0.2) is 0 Å². The fraction of sp³-hybridized carbons (Fsp3) is 0.125. The van der Waals surface area contributed by atoms with E-state index in [1.54, 1.807) is 24.3 Å². The highest BCUT2D eigenvalue weighted by atomic mass is 16.7. The monoisotopic (exact) mass is 284 g/mol. The third-order valence-corrected chi connectivity index (χ3v) is 2.73. The fourth-order valence-electron chi connectivity index (χ4n) is 1.68. The minimum Gasteiger partial charge on any atom is -0.369 e. The first-order valence-electron chi connectivity index (χ1n) is 6.55. The lowest BCUT2D eigenvalue weighted by atomic mass is 10.2. The first kappa shape index (κ1) is 14.7. The van der Waals surface area contributed by atoms with Crippen molar-refractivity contribution in [1.82, 2.24) is 10.8 Å². The van der Waals surface area contributed by atoms with Crippen LogP contribution in [0.5, 0.6) is 0 Å². The molecule has 5 nitrogen and oxygen atoms in total. The minimum absolute atomic E-state index is 0.185. The van der Waals surface area contributed by atoms with Crippen molar-refractivity contribution in [2.45, 2.75) is 6.54 Å². The second kappa shape index (κ2) is 7.81. The van der Waals surface area contributed by atoms with Crippen LogP contribution in [0.3, 0.4) is 0 Å². The Morgan fingerprint density at radius 3 is 2.19 bits per heavy atom. The van der Waals surface area contributed by atoms with Crippen LogP contribution in [0.4, 0.5) is 0 Å². The topological polar surface area (TPSA) is 67.4 Å². The molecule has 0 fully saturated rings. The highest BCUT2D eigenvalue weighted by Gasteiger charge is 2.08. The molecule has 2 N–H and O–H groups in total. The van der Waals surface area contributed by atoms with Crippen molar-refractivity contribution in [3.05, 3.63) is 71.8 Å². The van der Waals surface area contributed by atoms with Crippen LogP contribution >= 0.6 is 0 Å². The predicted octanol–water partition coefficient (Wildman–Crippen LogP) is 1.66. The molecule has 2 aromatic carbocycles. The van der Waals surface area contributed by atoms with Crippen molar-refractivity contribution in [3.63, 3.8) is 0 Å². The van der Waals surface area contributed by atoms with E-state index < -0.39 is 5.97 Å². The normalized spacial score (nSPS) is 9.90. The van der Waals surface area contributed by atoms with Gasteiger partial charge < -0.3 is 10.2 Å². The summed E-state index contributed by atoms with van der Waals surface area (Å²) in [6, 6.07) is 18.2. The molecular weight excluding hydrogens is 268 g/mol. The van der Waals surface area contributed by atoms with Gasteiger partial charge in [0, 0.05) is 5.56 Å². The van der Waals surface area contributed by atoms with E-state index in [9.17, 15) is 9.59 Å². The Labute approximate surface area is 122 Å². The first-order chi connectivity index (χ1) is 10.3. The quantitative estimate of drug-likeness (QED) is 0.792. The zero-order chi connectivity index (χ0) is 14.9. The number of hydrogen-bond donors (Lipinski definition) is 2. The summed E-state index contributed by atoms with van der Waals surface area (Å²) in [5.41, 5.74) is 4.07. The van der Waals surface area contributed by atoms with E-state index in [1.807, 2.05) is 36.4 Å². The number of rotatable bonds is 6. The zero-order valence-electron chi connectivity index (χ0n) is 11.4. The molecule has 0 atom stereocenters. The number of hydrogen-bond acceptors (Lipinski definition) is 4. The Morgan fingerprint density at radius 2 is 1.52 bits per heavy atom. The maximum Gasteiger partial charge on any atom is 0.344 e. The Bertz CT molecular complexity index is 585. The molecule has 2 rings (SSSR count). The lowest BCUT2D eigenvalue weighted by Gasteiger charge is -2.07. The van der Waals surface area contributed by atoms with Crippen molar-refractivity contribution in [2.24, 2.45) is 0 Å². The maximum absolute atomic E-state index is 11.7. The average Bonchev–Trinajstić information content (AvgIpc) is 2.54. The number of benzene rings is 2. The molecule has 0 aliphatic heterocycles. The van der Waals surface area contributed by atoms with Gasteiger partial charge in [0.05, 0.1) is 6.54 Å². The van der Waals surface area contributed by atoms with E-state index in [-0.39, 0.29) is 12.5 Å². The summed E-state index contributed by atoms with van der Waals surface area (Å²) in [6.45, 7) is 0.231. The van der Waals surface area contributed by atoms with Crippen LogP contribution in [0, 0.1) is 0 Å². The maximum atomic E-state index is 11.7. The largest absolute Gasteiger partial charge is 0.369 e. The molecule has 0 spiro atoms. The van der Waals surface area contributed by atoms with Gasteiger partial charge in [-0.25, -0.2) is 4.79 Å². The van der Waals surface area contributed by atoms with E-state index in [2.05, 4.69) is 10.8 Å². The molecule has 0 radical (unpaired) electrons. The average molecular weight is 284 g/mol. The number of carbonyl (C=O) groups is 2. The lowest BCUT2D eigenvalue weighted by Crippen LogP contribution is -2.33.